The minimum absolute atomic E-state index is 0.0733. The third-order valence-electron chi connectivity index (χ3n) is 6.26. The summed E-state index contributed by atoms with van der Waals surface area (Å²) >= 11 is 0. The number of carbonyl (C=O) groups is 2. The Balaban J connectivity index is 1.52. The minimum atomic E-state index is -0.757. The Morgan fingerprint density at radius 1 is 1.31 bits per heavy atom. The molecule has 26 heavy (non-hydrogen) atoms. The Kier molecular flexibility index (Phi) is 3.90. The van der Waals surface area contributed by atoms with Gasteiger partial charge in [0.1, 0.15) is 11.4 Å². The molecule has 2 N–H and O–H groups in total. The summed E-state index contributed by atoms with van der Waals surface area (Å²) in [5, 5.41) is 12.9. The highest BCUT2D eigenvalue weighted by Gasteiger charge is 2.56. The predicted molar refractivity (Wildman–Crippen MR) is 96.0 cm³/mol. The van der Waals surface area contributed by atoms with Crippen molar-refractivity contribution in [1.29, 1.82) is 0 Å². The maximum absolute atomic E-state index is 12.9. The molecule has 1 saturated heterocycles. The van der Waals surface area contributed by atoms with Gasteiger partial charge in [0.05, 0.1) is 11.5 Å². The summed E-state index contributed by atoms with van der Waals surface area (Å²) in [6.07, 6.45) is 3.18. The van der Waals surface area contributed by atoms with Crippen molar-refractivity contribution >= 4 is 12.0 Å². The van der Waals surface area contributed by atoms with Crippen LogP contribution in [-0.2, 0) is 4.79 Å². The number of benzene rings is 1. The monoisotopic (exact) mass is 358 g/mol. The number of likely N-dealkylation sites (tertiary alicyclic amines) is 1. The van der Waals surface area contributed by atoms with E-state index >= 15 is 0 Å². The zero-order valence-corrected chi connectivity index (χ0v) is 15.3. The van der Waals surface area contributed by atoms with Crippen molar-refractivity contribution in [2.45, 2.75) is 51.2 Å². The molecule has 0 aromatic heterocycles. The van der Waals surface area contributed by atoms with Gasteiger partial charge in [-0.25, -0.2) is 4.79 Å². The number of aliphatic carboxylic acids is 1. The molecule has 1 unspecified atom stereocenters. The number of nitrogens with one attached hydrogen (secondary N) is 1. The maximum Gasteiger partial charge on any atom is 0.317 e. The van der Waals surface area contributed by atoms with E-state index in [-0.39, 0.29) is 23.6 Å². The molecule has 0 bridgehead atoms. The van der Waals surface area contributed by atoms with E-state index in [4.69, 9.17) is 4.74 Å². The van der Waals surface area contributed by atoms with Crippen LogP contribution in [0.25, 0.3) is 0 Å². The molecular formula is C20H26N2O4. The van der Waals surface area contributed by atoms with E-state index in [0.717, 1.165) is 24.2 Å². The third kappa shape index (κ3) is 2.72. The van der Waals surface area contributed by atoms with Crippen molar-refractivity contribution in [2.75, 3.05) is 13.1 Å². The average molecular weight is 358 g/mol. The van der Waals surface area contributed by atoms with E-state index in [0.29, 0.717) is 25.9 Å². The topological polar surface area (TPSA) is 78.9 Å². The van der Waals surface area contributed by atoms with Crippen LogP contribution in [0.1, 0.15) is 51.1 Å². The molecule has 1 aromatic rings. The van der Waals surface area contributed by atoms with Crippen LogP contribution in [0.4, 0.5) is 4.79 Å². The highest BCUT2D eigenvalue weighted by Crippen LogP contribution is 2.49. The minimum Gasteiger partial charge on any atom is -0.487 e. The molecule has 1 saturated carbocycles. The summed E-state index contributed by atoms with van der Waals surface area (Å²) in [7, 11) is 0. The summed E-state index contributed by atoms with van der Waals surface area (Å²) in [6, 6.07) is 7.47. The van der Waals surface area contributed by atoms with Crippen molar-refractivity contribution in [1.82, 2.24) is 10.2 Å². The average Bonchev–Trinajstić information content (AvgIpc) is 3.12. The number of fused-ring (bicyclic) bond motifs is 2. The number of nitrogens with zero attached hydrogens (tertiary/aromatic N) is 1. The van der Waals surface area contributed by atoms with Gasteiger partial charge in [-0.15, -0.1) is 0 Å². The number of hydrogen-bond donors (Lipinski definition) is 2. The number of urea groups is 1. The van der Waals surface area contributed by atoms with Gasteiger partial charge in [0.25, 0.3) is 0 Å². The van der Waals surface area contributed by atoms with Crippen LogP contribution < -0.4 is 10.1 Å². The van der Waals surface area contributed by atoms with Crippen LogP contribution in [-0.4, -0.2) is 40.7 Å². The van der Waals surface area contributed by atoms with E-state index in [1.807, 2.05) is 38.1 Å². The van der Waals surface area contributed by atoms with E-state index in [1.54, 1.807) is 4.90 Å². The highest BCUT2D eigenvalue weighted by atomic mass is 16.5. The molecule has 1 aliphatic carbocycles. The number of carboxylic acid groups (broad SMARTS) is 1. The molecule has 0 radical (unpaired) electrons. The van der Waals surface area contributed by atoms with Gasteiger partial charge < -0.3 is 20.1 Å². The van der Waals surface area contributed by atoms with Crippen molar-refractivity contribution in [3.05, 3.63) is 29.8 Å². The molecule has 3 atom stereocenters. The Morgan fingerprint density at radius 2 is 2.08 bits per heavy atom. The maximum atomic E-state index is 12.9. The van der Waals surface area contributed by atoms with Gasteiger partial charge in [0, 0.05) is 25.1 Å². The summed E-state index contributed by atoms with van der Waals surface area (Å²) in [5.74, 6) is 0.117. The van der Waals surface area contributed by atoms with Crippen molar-refractivity contribution in [3.8, 4) is 5.75 Å². The molecule has 2 aliphatic heterocycles. The molecule has 3 aliphatic rings. The molecule has 2 fully saturated rings. The van der Waals surface area contributed by atoms with E-state index < -0.39 is 11.4 Å². The Morgan fingerprint density at radius 3 is 2.81 bits per heavy atom. The number of rotatable bonds is 2. The summed E-state index contributed by atoms with van der Waals surface area (Å²) in [4.78, 5) is 26.4. The van der Waals surface area contributed by atoms with E-state index in [9.17, 15) is 14.7 Å². The Hall–Kier alpha value is -2.24. The van der Waals surface area contributed by atoms with Crippen LogP contribution >= 0.6 is 0 Å². The van der Waals surface area contributed by atoms with Gasteiger partial charge in [-0.2, -0.15) is 0 Å². The van der Waals surface area contributed by atoms with Gasteiger partial charge in [0.2, 0.25) is 0 Å². The Bertz CT molecular complexity index is 747. The van der Waals surface area contributed by atoms with Gasteiger partial charge in [-0.05, 0) is 38.7 Å². The normalized spacial score (nSPS) is 31.7. The fourth-order valence-corrected chi connectivity index (χ4v) is 4.96. The fourth-order valence-electron chi connectivity index (χ4n) is 4.96. The first-order chi connectivity index (χ1) is 12.3. The number of hydrogen-bond acceptors (Lipinski definition) is 3. The molecular weight excluding hydrogens is 332 g/mol. The lowest BCUT2D eigenvalue weighted by Crippen LogP contribution is -2.46. The largest absolute Gasteiger partial charge is 0.487 e. The summed E-state index contributed by atoms with van der Waals surface area (Å²) in [6.45, 7) is 4.88. The molecule has 4 rings (SSSR count). The second-order valence-electron chi connectivity index (χ2n) is 8.54. The van der Waals surface area contributed by atoms with Crippen LogP contribution in [0, 0.1) is 11.3 Å². The fraction of sp³-hybridized carbons (Fsp3) is 0.600. The molecule has 0 spiro atoms. The summed E-state index contributed by atoms with van der Waals surface area (Å²) < 4.78 is 6.02. The number of carboxylic acids is 1. The van der Waals surface area contributed by atoms with Crippen molar-refractivity contribution < 1.29 is 19.4 Å². The predicted octanol–water partition coefficient (Wildman–Crippen LogP) is 3.19. The van der Waals surface area contributed by atoms with Crippen LogP contribution in [0.5, 0.6) is 5.75 Å². The van der Waals surface area contributed by atoms with Crippen LogP contribution in [0.15, 0.2) is 24.3 Å². The SMILES string of the molecule is CC1(C)CC(NC(=O)N2C[C@@H]3CCC[C@@]3(C(=O)O)C2)c2ccccc2O1. The van der Waals surface area contributed by atoms with Crippen LogP contribution in [0.2, 0.25) is 0 Å². The first-order valence-electron chi connectivity index (χ1n) is 9.37. The zero-order valence-electron chi connectivity index (χ0n) is 15.3. The number of ether oxygens (including phenoxy) is 1. The first kappa shape index (κ1) is 17.2. The lowest BCUT2D eigenvalue weighted by atomic mass is 9.81. The molecule has 1 aromatic carbocycles. The quantitative estimate of drug-likeness (QED) is 0.851. The smallest absolute Gasteiger partial charge is 0.317 e. The standard InChI is InChI=1S/C20H26N2O4/c1-19(2)10-15(14-7-3-4-8-16(14)26-19)21-18(25)22-11-13-6-5-9-20(13,12-22)17(23)24/h3-4,7-8,13,15H,5-6,9-12H2,1-2H3,(H,21,25)(H,23,24)/t13-,15?,20+/m0/s1. The number of amides is 2. The number of carbonyl (C=O) groups excluding carboxylic acids is 1. The van der Waals surface area contributed by atoms with Gasteiger partial charge in [0.15, 0.2) is 0 Å². The molecule has 2 amide bonds. The lowest BCUT2D eigenvalue weighted by molar-refractivity contribution is -0.149. The molecule has 140 valence electrons. The second kappa shape index (κ2) is 5.89. The molecule has 2 heterocycles. The van der Waals surface area contributed by atoms with E-state index in [2.05, 4.69) is 5.32 Å². The molecule has 6 nitrogen and oxygen atoms in total. The first-order valence-corrected chi connectivity index (χ1v) is 9.37. The van der Waals surface area contributed by atoms with E-state index in [1.165, 1.54) is 0 Å². The van der Waals surface area contributed by atoms with Gasteiger partial charge in [-0.3, -0.25) is 4.79 Å². The van der Waals surface area contributed by atoms with Gasteiger partial charge in [-0.1, -0.05) is 24.6 Å². The van der Waals surface area contributed by atoms with Crippen molar-refractivity contribution in [2.24, 2.45) is 11.3 Å². The van der Waals surface area contributed by atoms with Crippen LogP contribution in [0.3, 0.4) is 0 Å². The summed E-state index contributed by atoms with van der Waals surface area (Å²) in [5.41, 5.74) is -0.132. The molecule has 6 heteroatoms. The van der Waals surface area contributed by atoms with Crippen molar-refractivity contribution in [3.63, 3.8) is 0 Å². The Labute approximate surface area is 153 Å². The lowest BCUT2D eigenvalue weighted by Gasteiger charge is -2.38. The highest BCUT2D eigenvalue weighted by molar-refractivity contribution is 5.81. The zero-order chi connectivity index (χ0) is 18.5. The second-order valence-corrected chi connectivity index (χ2v) is 8.54. The third-order valence-corrected chi connectivity index (χ3v) is 6.26. The number of para-hydroxylation sites is 1. The van der Waals surface area contributed by atoms with Gasteiger partial charge >= 0.3 is 12.0 Å².